The molecule has 102 valence electrons. The van der Waals surface area contributed by atoms with Crippen molar-refractivity contribution in [2.45, 2.75) is 32.7 Å². The van der Waals surface area contributed by atoms with E-state index in [0.717, 1.165) is 12.1 Å². The highest BCUT2D eigenvalue weighted by atomic mass is 16.4. The lowest BCUT2D eigenvalue weighted by atomic mass is 10.2. The van der Waals surface area contributed by atoms with E-state index in [1.807, 2.05) is 30.3 Å². The molecule has 4 nitrogen and oxygen atoms in total. The van der Waals surface area contributed by atoms with Crippen molar-refractivity contribution in [2.24, 2.45) is 0 Å². The minimum absolute atomic E-state index is 0.150. The Bertz CT molecular complexity index is 495. The Kier molecular flexibility index (Phi) is 4.68. The summed E-state index contributed by atoms with van der Waals surface area (Å²) in [5, 5.41) is 8.29. The number of benzene rings is 1. The Balaban J connectivity index is 2.08. The Morgan fingerprint density at radius 2 is 1.95 bits per heavy atom. The zero-order valence-electron chi connectivity index (χ0n) is 11.8. The van der Waals surface area contributed by atoms with Gasteiger partial charge in [0.1, 0.15) is 0 Å². The molecule has 0 aliphatic rings. The van der Waals surface area contributed by atoms with Gasteiger partial charge < -0.3 is 4.42 Å². The monoisotopic (exact) mass is 259 g/mol. The molecular weight excluding hydrogens is 238 g/mol. The van der Waals surface area contributed by atoms with Gasteiger partial charge in [0.05, 0.1) is 6.04 Å². The van der Waals surface area contributed by atoms with Crippen LogP contribution in [0.25, 0.3) is 11.5 Å². The number of hydrogen-bond donors (Lipinski definition) is 0. The number of unbranched alkanes of at least 4 members (excludes halogenated alkanes) is 1. The van der Waals surface area contributed by atoms with Crippen molar-refractivity contribution in [1.82, 2.24) is 15.1 Å². The van der Waals surface area contributed by atoms with Gasteiger partial charge in [0.2, 0.25) is 11.8 Å². The van der Waals surface area contributed by atoms with Crippen LogP contribution in [0, 0.1) is 0 Å². The van der Waals surface area contributed by atoms with Gasteiger partial charge in [-0.15, -0.1) is 10.2 Å². The van der Waals surface area contributed by atoms with Gasteiger partial charge in [0.25, 0.3) is 0 Å². The van der Waals surface area contributed by atoms with Crippen LogP contribution >= 0.6 is 0 Å². The fourth-order valence-corrected chi connectivity index (χ4v) is 1.89. The predicted octanol–water partition coefficient (Wildman–Crippen LogP) is 3.53. The van der Waals surface area contributed by atoms with E-state index in [2.05, 4.69) is 36.0 Å². The SMILES string of the molecule is CCCCN(C)C(C)c1nnc(-c2ccccc2)o1. The molecule has 0 amide bonds. The minimum Gasteiger partial charge on any atom is -0.419 e. The van der Waals surface area contributed by atoms with Crippen LogP contribution in [0.2, 0.25) is 0 Å². The molecule has 0 radical (unpaired) electrons. The summed E-state index contributed by atoms with van der Waals surface area (Å²) in [6, 6.07) is 10.0. The molecule has 0 saturated heterocycles. The molecule has 1 atom stereocenters. The number of hydrogen-bond acceptors (Lipinski definition) is 4. The standard InChI is InChI=1S/C15H21N3O/c1-4-5-11-18(3)12(2)14-16-17-15(19-14)13-9-7-6-8-10-13/h6-10,12H,4-5,11H2,1-3H3. The van der Waals surface area contributed by atoms with Gasteiger partial charge in [-0.2, -0.15) is 0 Å². The van der Waals surface area contributed by atoms with Crippen LogP contribution < -0.4 is 0 Å². The van der Waals surface area contributed by atoms with Gasteiger partial charge in [-0.3, -0.25) is 4.90 Å². The summed E-state index contributed by atoms with van der Waals surface area (Å²) in [6.07, 6.45) is 2.37. The van der Waals surface area contributed by atoms with Crippen molar-refractivity contribution in [3.05, 3.63) is 36.2 Å². The van der Waals surface area contributed by atoms with Gasteiger partial charge in [-0.25, -0.2) is 0 Å². The highest BCUT2D eigenvalue weighted by molar-refractivity contribution is 5.51. The van der Waals surface area contributed by atoms with E-state index >= 15 is 0 Å². The second kappa shape index (κ2) is 6.48. The quantitative estimate of drug-likeness (QED) is 0.796. The highest BCUT2D eigenvalue weighted by Crippen LogP contribution is 2.22. The first-order valence-corrected chi connectivity index (χ1v) is 6.81. The van der Waals surface area contributed by atoms with E-state index in [9.17, 15) is 0 Å². The summed E-state index contributed by atoms with van der Waals surface area (Å²) in [7, 11) is 2.09. The molecule has 0 spiro atoms. The molecular formula is C15H21N3O. The van der Waals surface area contributed by atoms with Crippen LogP contribution in [0.3, 0.4) is 0 Å². The first kappa shape index (κ1) is 13.7. The normalized spacial score (nSPS) is 12.8. The van der Waals surface area contributed by atoms with Crippen molar-refractivity contribution < 1.29 is 4.42 Å². The molecule has 1 aromatic carbocycles. The van der Waals surface area contributed by atoms with Gasteiger partial charge >= 0.3 is 0 Å². The topological polar surface area (TPSA) is 42.2 Å². The van der Waals surface area contributed by atoms with Crippen molar-refractivity contribution in [1.29, 1.82) is 0 Å². The smallest absolute Gasteiger partial charge is 0.247 e. The summed E-state index contributed by atoms with van der Waals surface area (Å²) in [6.45, 7) is 5.33. The molecule has 0 fully saturated rings. The van der Waals surface area contributed by atoms with Gasteiger partial charge in [-0.1, -0.05) is 31.5 Å². The number of rotatable bonds is 6. The zero-order chi connectivity index (χ0) is 13.7. The molecule has 0 aliphatic carbocycles. The Hall–Kier alpha value is -1.68. The molecule has 1 unspecified atom stereocenters. The summed E-state index contributed by atoms with van der Waals surface area (Å²) in [5.74, 6) is 1.27. The fourth-order valence-electron chi connectivity index (χ4n) is 1.89. The van der Waals surface area contributed by atoms with E-state index in [1.165, 1.54) is 12.8 Å². The lowest BCUT2D eigenvalue weighted by molar-refractivity contribution is 0.223. The number of nitrogens with zero attached hydrogens (tertiary/aromatic N) is 3. The number of aromatic nitrogens is 2. The molecule has 0 N–H and O–H groups in total. The fraction of sp³-hybridized carbons (Fsp3) is 0.467. The third kappa shape index (κ3) is 3.41. The molecule has 4 heteroatoms. The van der Waals surface area contributed by atoms with E-state index in [0.29, 0.717) is 11.8 Å². The molecule has 0 saturated carbocycles. The maximum absolute atomic E-state index is 5.77. The first-order valence-electron chi connectivity index (χ1n) is 6.81. The lowest BCUT2D eigenvalue weighted by Gasteiger charge is -2.21. The van der Waals surface area contributed by atoms with Crippen molar-refractivity contribution in [2.75, 3.05) is 13.6 Å². The summed E-state index contributed by atoms with van der Waals surface area (Å²) in [5.41, 5.74) is 0.963. The van der Waals surface area contributed by atoms with E-state index in [-0.39, 0.29) is 6.04 Å². The van der Waals surface area contributed by atoms with Crippen LogP contribution in [0.4, 0.5) is 0 Å². The van der Waals surface area contributed by atoms with Crippen molar-refractivity contribution in [3.8, 4) is 11.5 Å². The van der Waals surface area contributed by atoms with Crippen LogP contribution in [0.5, 0.6) is 0 Å². The molecule has 19 heavy (non-hydrogen) atoms. The Labute approximate surface area is 114 Å². The average Bonchev–Trinajstić information content (AvgIpc) is 2.94. The Morgan fingerprint density at radius 3 is 2.63 bits per heavy atom. The third-order valence-electron chi connectivity index (χ3n) is 3.34. The van der Waals surface area contributed by atoms with Crippen LogP contribution in [-0.4, -0.2) is 28.7 Å². The second-order valence-corrected chi connectivity index (χ2v) is 4.82. The Morgan fingerprint density at radius 1 is 1.21 bits per heavy atom. The lowest BCUT2D eigenvalue weighted by Crippen LogP contribution is -2.23. The van der Waals surface area contributed by atoms with E-state index in [1.54, 1.807) is 0 Å². The molecule has 2 rings (SSSR count). The molecule has 0 bridgehead atoms. The molecule has 1 aromatic heterocycles. The largest absolute Gasteiger partial charge is 0.419 e. The average molecular weight is 259 g/mol. The van der Waals surface area contributed by atoms with Crippen LogP contribution in [0.1, 0.15) is 38.6 Å². The summed E-state index contributed by atoms with van der Waals surface area (Å²) in [4.78, 5) is 2.24. The van der Waals surface area contributed by atoms with E-state index < -0.39 is 0 Å². The second-order valence-electron chi connectivity index (χ2n) is 4.82. The molecule has 1 heterocycles. The maximum atomic E-state index is 5.77. The van der Waals surface area contributed by atoms with Crippen LogP contribution in [0.15, 0.2) is 34.7 Å². The van der Waals surface area contributed by atoms with Gasteiger partial charge in [0.15, 0.2) is 0 Å². The predicted molar refractivity (Wildman–Crippen MR) is 75.7 cm³/mol. The molecule has 0 aliphatic heterocycles. The summed E-state index contributed by atoms with van der Waals surface area (Å²) >= 11 is 0. The van der Waals surface area contributed by atoms with E-state index in [4.69, 9.17) is 4.42 Å². The summed E-state index contributed by atoms with van der Waals surface area (Å²) < 4.78 is 5.77. The highest BCUT2D eigenvalue weighted by Gasteiger charge is 2.18. The minimum atomic E-state index is 0.150. The molecule has 2 aromatic rings. The van der Waals surface area contributed by atoms with Crippen LogP contribution in [-0.2, 0) is 0 Å². The maximum Gasteiger partial charge on any atom is 0.247 e. The third-order valence-corrected chi connectivity index (χ3v) is 3.34. The van der Waals surface area contributed by atoms with Gasteiger partial charge in [0, 0.05) is 5.56 Å². The first-order chi connectivity index (χ1) is 9.22. The zero-order valence-corrected chi connectivity index (χ0v) is 11.8. The van der Waals surface area contributed by atoms with Crippen molar-refractivity contribution in [3.63, 3.8) is 0 Å². The van der Waals surface area contributed by atoms with Crippen molar-refractivity contribution >= 4 is 0 Å². The van der Waals surface area contributed by atoms with Gasteiger partial charge in [-0.05, 0) is 39.1 Å².